The Balaban J connectivity index is 2.11. The quantitative estimate of drug-likeness (QED) is 0.329. The molecule has 2 aromatic carbocycles. The maximum absolute atomic E-state index is 14.3. The van der Waals surface area contributed by atoms with Crippen molar-refractivity contribution in [3.05, 3.63) is 77.3 Å². The molecule has 0 radical (unpaired) electrons. The highest BCUT2D eigenvalue weighted by molar-refractivity contribution is 6.19. The average molecular weight is 443 g/mol. The monoisotopic (exact) mass is 443 g/mol. The van der Waals surface area contributed by atoms with E-state index in [9.17, 15) is 27.9 Å². The molecule has 0 unspecified atom stereocenters. The molecule has 9 heteroatoms. The summed E-state index contributed by atoms with van der Waals surface area (Å²) in [6.07, 6.45) is 0.932. The number of ether oxygens (including phenoxy) is 2. The zero-order valence-corrected chi connectivity index (χ0v) is 16.6. The first-order chi connectivity index (χ1) is 15.3. The maximum Gasteiger partial charge on any atom is 0.586 e. The lowest BCUT2D eigenvalue weighted by Gasteiger charge is -2.10. The van der Waals surface area contributed by atoms with Crippen LogP contribution in [0.25, 0.3) is 16.5 Å². The third kappa shape index (κ3) is 3.51. The Morgan fingerprint density at radius 2 is 1.94 bits per heavy atom. The lowest BCUT2D eigenvalue weighted by atomic mass is 10.0. The lowest BCUT2D eigenvalue weighted by molar-refractivity contribution is -0.286. The molecule has 1 aliphatic heterocycles. The predicted molar refractivity (Wildman–Crippen MR) is 109 cm³/mol. The second-order valence-electron chi connectivity index (χ2n) is 6.93. The Morgan fingerprint density at radius 1 is 1.19 bits per heavy atom. The van der Waals surface area contributed by atoms with Gasteiger partial charge in [0, 0.05) is 16.7 Å². The van der Waals surface area contributed by atoms with Crippen LogP contribution in [0.1, 0.15) is 28.5 Å². The number of fused-ring (bicyclic) bond motifs is 3. The van der Waals surface area contributed by atoms with Gasteiger partial charge in [-0.05, 0) is 25.1 Å². The molecule has 0 spiro atoms. The van der Waals surface area contributed by atoms with Gasteiger partial charge in [-0.25, -0.2) is 9.18 Å². The van der Waals surface area contributed by atoms with E-state index in [-0.39, 0.29) is 45.6 Å². The third-order valence-corrected chi connectivity index (χ3v) is 4.97. The number of carbonyl (C=O) groups excluding carboxylic acids is 1. The summed E-state index contributed by atoms with van der Waals surface area (Å²) >= 11 is 0. The molecule has 6 nitrogen and oxygen atoms in total. The van der Waals surface area contributed by atoms with Crippen LogP contribution in [-0.2, 0) is 11.3 Å². The van der Waals surface area contributed by atoms with E-state index in [1.165, 1.54) is 47.1 Å². The first kappa shape index (κ1) is 21.2. The zero-order chi connectivity index (χ0) is 23.0. The minimum Gasteiger partial charge on any atom is -0.477 e. The van der Waals surface area contributed by atoms with E-state index in [0.29, 0.717) is 6.29 Å². The van der Waals surface area contributed by atoms with Crippen LogP contribution in [0.5, 0.6) is 11.5 Å². The van der Waals surface area contributed by atoms with E-state index in [4.69, 9.17) is 0 Å². The molecule has 0 atom stereocenters. The number of carbonyl (C=O) groups is 2. The summed E-state index contributed by atoms with van der Waals surface area (Å²) < 4.78 is 52.4. The molecule has 0 fully saturated rings. The van der Waals surface area contributed by atoms with Gasteiger partial charge in [0.15, 0.2) is 17.8 Å². The Morgan fingerprint density at radius 3 is 2.59 bits per heavy atom. The van der Waals surface area contributed by atoms with Crippen LogP contribution in [0.2, 0.25) is 0 Å². The van der Waals surface area contributed by atoms with Crippen molar-refractivity contribution in [2.75, 3.05) is 0 Å². The SMILES string of the molecule is C/C=C\C=C(/C=O)c1c(C(=O)O)n(Cc2ccccc2F)c2ccc3c(c12)OC(F)(F)O3. The molecule has 1 aliphatic rings. The number of carboxylic acid groups (broad SMARTS) is 1. The Labute approximate surface area is 179 Å². The van der Waals surface area contributed by atoms with E-state index in [2.05, 4.69) is 9.47 Å². The highest BCUT2D eigenvalue weighted by Gasteiger charge is 2.45. The molecule has 0 saturated heterocycles. The highest BCUT2D eigenvalue weighted by atomic mass is 19.3. The number of alkyl halides is 2. The largest absolute Gasteiger partial charge is 0.586 e. The van der Waals surface area contributed by atoms with Gasteiger partial charge >= 0.3 is 12.3 Å². The van der Waals surface area contributed by atoms with E-state index >= 15 is 0 Å². The van der Waals surface area contributed by atoms with Gasteiger partial charge < -0.3 is 19.1 Å². The van der Waals surface area contributed by atoms with Crippen molar-refractivity contribution in [3.63, 3.8) is 0 Å². The zero-order valence-electron chi connectivity index (χ0n) is 16.6. The number of benzene rings is 2. The van der Waals surface area contributed by atoms with Crippen molar-refractivity contribution in [3.8, 4) is 11.5 Å². The van der Waals surface area contributed by atoms with Gasteiger partial charge in [-0.2, -0.15) is 0 Å². The maximum atomic E-state index is 14.3. The lowest BCUT2D eigenvalue weighted by Crippen LogP contribution is -2.26. The fraction of sp³-hybridized carbons (Fsp3) is 0.130. The van der Waals surface area contributed by atoms with Gasteiger partial charge in [0.1, 0.15) is 11.5 Å². The van der Waals surface area contributed by atoms with Crippen molar-refractivity contribution in [2.24, 2.45) is 0 Å². The van der Waals surface area contributed by atoms with Crippen molar-refractivity contribution < 1.29 is 37.3 Å². The van der Waals surface area contributed by atoms with E-state index in [1.807, 2.05) is 0 Å². The van der Waals surface area contributed by atoms with E-state index < -0.39 is 23.8 Å². The molecule has 0 bridgehead atoms. The number of hydrogen-bond acceptors (Lipinski definition) is 4. The van der Waals surface area contributed by atoms with E-state index in [0.717, 1.165) is 0 Å². The molecule has 3 aromatic rings. The topological polar surface area (TPSA) is 77.8 Å². The number of nitrogens with zero attached hydrogens (tertiary/aromatic N) is 1. The number of carboxylic acids is 1. The van der Waals surface area contributed by atoms with Crippen molar-refractivity contribution >= 4 is 28.7 Å². The van der Waals surface area contributed by atoms with Crippen LogP contribution in [-0.4, -0.2) is 28.2 Å². The van der Waals surface area contributed by atoms with Crippen LogP contribution in [0.3, 0.4) is 0 Å². The number of halogens is 3. The molecule has 0 saturated carbocycles. The summed E-state index contributed by atoms with van der Waals surface area (Å²) in [5.41, 5.74) is -0.251. The average Bonchev–Trinajstić information content (AvgIpc) is 3.23. The second-order valence-corrected chi connectivity index (χ2v) is 6.93. The standard InChI is InChI=1S/C23H16F3NO5/c1-2-3-6-14(12-28)18-19-16(9-10-17-21(19)32-23(25,26)31-17)27(20(18)22(29)30)11-13-7-4-5-8-15(13)24/h2-10,12H,11H2,1H3,(H,29,30)/b3-2-,14-6+. The van der Waals surface area contributed by atoms with Gasteiger partial charge in [0.25, 0.3) is 0 Å². The molecular formula is C23H16F3NO5. The summed E-state index contributed by atoms with van der Waals surface area (Å²) in [4.78, 5) is 24.2. The third-order valence-electron chi connectivity index (χ3n) is 4.97. The molecule has 2 heterocycles. The van der Waals surface area contributed by atoms with Crippen LogP contribution >= 0.6 is 0 Å². The minimum atomic E-state index is -3.96. The number of aldehydes is 1. The van der Waals surface area contributed by atoms with Crippen LogP contribution in [0.4, 0.5) is 13.2 Å². The molecule has 164 valence electrons. The number of hydrogen-bond donors (Lipinski definition) is 1. The molecule has 1 N–H and O–H groups in total. The smallest absolute Gasteiger partial charge is 0.477 e. The van der Waals surface area contributed by atoms with Gasteiger partial charge in [-0.1, -0.05) is 36.4 Å². The molecule has 32 heavy (non-hydrogen) atoms. The number of aromatic carboxylic acids is 1. The minimum absolute atomic E-state index is 0.0451. The normalized spacial score (nSPS) is 14.9. The predicted octanol–water partition coefficient (Wildman–Crippen LogP) is 5.01. The first-order valence-electron chi connectivity index (χ1n) is 9.47. The van der Waals surface area contributed by atoms with Gasteiger partial charge in [0.05, 0.1) is 17.4 Å². The fourth-order valence-corrected chi connectivity index (χ4v) is 3.69. The van der Waals surface area contributed by atoms with Crippen LogP contribution < -0.4 is 9.47 Å². The molecular weight excluding hydrogens is 427 g/mol. The summed E-state index contributed by atoms with van der Waals surface area (Å²) in [5.74, 6) is -2.70. The summed E-state index contributed by atoms with van der Waals surface area (Å²) in [5, 5.41) is 9.97. The molecule has 0 aliphatic carbocycles. The van der Waals surface area contributed by atoms with Crippen molar-refractivity contribution in [1.82, 2.24) is 4.57 Å². The summed E-state index contributed by atoms with van der Waals surface area (Å²) in [7, 11) is 0. The molecule has 0 amide bonds. The summed E-state index contributed by atoms with van der Waals surface area (Å²) in [6, 6.07) is 8.35. The van der Waals surface area contributed by atoms with Crippen LogP contribution in [0.15, 0.2) is 54.6 Å². The number of rotatable bonds is 6. The van der Waals surface area contributed by atoms with Crippen LogP contribution in [0, 0.1) is 5.82 Å². The highest BCUT2D eigenvalue weighted by Crippen LogP contribution is 2.49. The van der Waals surface area contributed by atoms with Gasteiger partial charge in [-0.15, -0.1) is 8.78 Å². The Kier molecular flexibility index (Phi) is 5.25. The van der Waals surface area contributed by atoms with Gasteiger partial charge in [0.2, 0.25) is 0 Å². The Bertz CT molecular complexity index is 1310. The van der Waals surface area contributed by atoms with Gasteiger partial charge in [-0.3, -0.25) is 4.79 Å². The molecule has 1 aromatic heterocycles. The second kappa shape index (κ2) is 7.92. The van der Waals surface area contributed by atoms with Crippen molar-refractivity contribution in [1.29, 1.82) is 0 Å². The number of aromatic nitrogens is 1. The Hall–Kier alpha value is -4.01. The molecule has 4 rings (SSSR count). The number of allylic oxidation sites excluding steroid dienone is 4. The first-order valence-corrected chi connectivity index (χ1v) is 9.47. The summed E-state index contributed by atoms with van der Waals surface area (Å²) in [6.45, 7) is 1.46. The van der Waals surface area contributed by atoms with E-state index in [1.54, 1.807) is 19.1 Å². The fourth-order valence-electron chi connectivity index (χ4n) is 3.69. The van der Waals surface area contributed by atoms with Crippen molar-refractivity contribution in [2.45, 2.75) is 19.8 Å².